The number of carbonyl (C=O) groups excluding carboxylic acids is 1. The van der Waals surface area contributed by atoms with Crippen molar-refractivity contribution >= 4 is 23.2 Å². The van der Waals surface area contributed by atoms with Gasteiger partial charge in [-0.2, -0.15) is 0 Å². The fourth-order valence-electron chi connectivity index (χ4n) is 3.05. The number of benzene rings is 1. The van der Waals surface area contributed by atoms with E-state index in [0.29, 0.717) is 43.7 Å². The van der Waals surface area contributed by atoms with Crippen LogP contribution in [0, 0.1) is 10.1 Å². The number of rotatable bonds is 4. The second-order valence-corrected chi connectivity index (χ2v) is 6.86. The zero-order chi connectivity index (χ0) is 18.9. The Kier molecular flexibility index (Phi) is 5.02. The Labute approximate surface area is 155 Å². The van der Waals surface area contributed by atoms with Gasteiger partial charge in [0.15, 0.2) is 5.76 Å². The molecule has 1 aliphatic rings. The Morgan fingerprint density at radius 1 is 1.35 bits per heavy atom. The molecular formula is C18H19ClN2O5. The number of non-ortho nitro benzene ring substituents is 1. The molecule has 1 amide bonds. The summed E-state index contributed by atoms with van der Waals surface area (Å²) in [6.45, 7) is 2.87. The van der Waals surface area contributed by atoms with Gasteiger partial charge in [-0.15, -0.1) is 0 Å². The molecule has 0 spiro atoms. The van der Waals surface area contributed by atoms with Gasteiger partial charge >= 0.3 is 0 Å². The number of likely N-dealkylation sites (tertiary alicyclic amines) is 1. The molecule has 0 aliphatic carbocycles. The van der Waals surface area contributed by atoms with Crippen LogP contribution >= 0.6 is 11.6 Å². The van der Waals surface area contributed by atoms with E-state index >= 15 is 0 Å². The smallest absolute Gasteiger partial charge is 0.289 e. The van der Waals surface area contributed by atoms with Crippen molar-refractivity contribution in [3.8, 4) is 11.3 Å². The maximum atomic E-state index is 12.6. The number of nitro groups is 1. The SMILES string of the molecule is CCC1(O)CCN(C(=O)c2ccc(-c3ccc([N+](=O)[O-])cc3Cl)o2)CC1. The predicted molar refractivity (Wildman–Crippen MR) is 96.2 cm³/mol. The number of nitro benzene ring substituents is 1. The van der Waals surface area contributed by atoms with Gasteiger partial charge in [0.25, 0.3) is 11.6 Å². The summed E-state index contributed by atoms with van der Waals surface area (Å²) in [5.74, 6) is 0.305. The minimum Gasteiger partial charge on any atom is -0.451 e. The van der Waals surface area contributed by atoms with E-state index in [9.17, 15) is 20.0 Å². The minimum atomic E-state index is -0.697. The average molecular weight is 379 g/mol. The highest BCUT2D eigenvalue weighted by Crippen LogP contribution is 2.33. The summed E-state index contributed by atoms with van der Waals surface area (Å²) in [6, 6.07) is 7.26. The first kappa shape index (κ1) is 18.4. The number of amides is 1. The molecular weight excluding hydrogens is 360 g/mol. The highest BCUT2D eigenvalue weighted by Gasteiger charge is 2.33. The first-order chi connectivity index (χ1) is 12.3. The molecule has 138 valence electrons. The second-order valence-electron chi connectivity index (χ2n) is 6.46. The third kappa shape index (κ3) is 3.59. The van der Waals surface area contributed by atoms with Gasteiger partial charge in [0.05, 0.1) is 15.5 Å². The van der Waals surface area contributed by atoms with Gasteiger partial charge in [0, 0.05) is 30.8 Å². The summed E-state index contributed by atoms with van der Waals surface area (Å²) >= 11 is 6.11. The highest BCUT2D eigenvalue weighted by molar-refractivity contribution is 6.33. The third-order valence-corrected chi connectivity index (χ3v) is 5.20. The summed E-state index contributed by atoms with van der Waals surface area (Å²) in [5.41, 5.74) is -0.328. The summed E-state index contributed by atoms with van der Waals surface area (Å²) in [6.07, 6.45) is 1.74. The maximum absolute atomic E-state index is 12.6. The molecule has 1 fully saturated rings. The Morgan fingerprint density at radius 2 is 2.04 bits per heavy atom. The summed E-state index contributed by atoms with van der Waals surface area (Å²) in [5, 5.41) is 21.2. The number of nitrogens with zero attached hydrogens (tertiary/aromatic N) is 2. The Balaban J connectivity index is 1.76. The van der Waals surface area contributed by atoms with Crippen molar-refractivity contribution in [2.24, 2.45) is 0 Å². The zero-order valence-corrected chi connectivity index (χ0v) is 15.0. The molecule has 0 atom stereocenters. The molecule has 1 saturated heterocycles. The quantitative estimate of drug-likeness (QED) is 0.643. The van der Waals surface area contributed by atoms with Gasteiger partial charge < -0.3 is 14.4 Å². The van der Waals surface area contributed by atoms with E-state index in [4.69, 9.17) is 16.0 Å². The average Bonchev–Trinajstić information content (AvgIpc) is 3.11. The molecule has 3 rings (SSSR count). The van der Waals surface area contributed by atoms with Crippen LogP contribution in [0.15, 0.2) is 34.7 Å². The van der Waals surface area contributed by atoms with E-state index in [1.807, 2.05) is 6.92 Å². The van der Waals surface area contributed by atoms with Gasteiger partial charge in [0.2, 0.25) is 0 Å². The van der Waals surface area contributed by atoms with Crippen molar-refractivity contribution in [2.75, 3.05) is 13.1 Å². The molecule has 7 nitrogen and oxygen atoms in total. The van der Waals surface area contributed by atoms with E-state index in [1.54, 1.807) is 17.0 Å². The van der Waals surface area contributed by atoms with Crippen LogP contribution in [0.2, 0.25) is 5.02 Å². The molecule has 8 heteroatoms. The van der Waals surface area contributed by atoms with Gasteiger partial charge in [-0.05, 0) is 37.5 Å². The minimum absolute atomic E-state index is 0.113. The van der Waals surface area contributed by atoms with Gasteiger partial charge in [-0.25, -0.2) is 0 Å². The van der Waals surface area contributed by atoms with E-state index in [-0.39, 0.29) is 22.4 Å². The van der Waals surface area contributed by atoms with E-state index in [2.05, 4.69) is 0 Å². The Morgan fingerprint density at radius 3 is 2.62 bits per heavy atom. The first-order valence-electron chi connectivity index (χ1n) is 8.39. The van der Waals surface area contributed by atoms with E-state index < -0.39 is 10.5 Å². The maximum Gasteiger partial charge on any atom is 0.289 e. The number of furan rings is 1. The van der Waals surface area contributed by atoms with Gasteiger partial charge in [-0.1, -0.05) is 18.5 Å². The molecule has 1 N–H and O–H groups in total. The fraction of sp³-hybridized carbons (Fsp3) is 0.389. The molecule has 0 radical (unpaired) electrons. The third-order valence-electron chi connectivity index (χ3n) is 4.89. The van der Waals surface area contributed by atoms with Crippen molar-refractivity contribution in [3.63, 3.8) is 0 Å². The van der Waals surface area contributed by atoms with Crippen LogP contribution in [0.3, 0.4) is 0 Å². The molecule has 0 bridgehead atoms. The number of piperidine rings is 1. The largest absolute Gasteiger partial charge is 0.451 e. The standard InChI is InChI=1S/C18H19ClN2O5/c1-2-18(23)7-9-20(10-8-18)17(22)16-6-5-15(26-16)13-4-3-12(21(24)25)11-14(13)19/h3-6,11,23H,2,7-10H2,1H3. The first-order valence-corrected chi connectivity index (χ1v) is 8.76. The molecule has 0 unspecified atom stereocenters. The van der Waals surface area contributed by atoms with Crippen LogP contribution < -0.4 is 0 Å². The van der Waals surface area contributed by atoms with Crippen LogP contribution in [-0.4, -0.2) is 39.5 Å². The van der Waals surface area contributed by atoms with Crippen LogP contribution in [0.4, 0.5) is 5.69 Å². The van der Waals surface area contributed by atoms with Crippen LogP contribution in [0.1, 0.15) is 36.7 Å². The zero-order valence-electron chi connectivity index (χ0n) is 14.3. The number of hydrogen-bond donors (Lipinski definition) is 1. The Hall–Kier alpha value is -2.38. The summed E-state index contributed by atoms with van der Waals surface area (Å²) < 4.78 is 5.64. The van der Waals surface area contributed by atoms with Crippen molar-refractivity contribution in [3.05, 3.63) is 51.2 Å². The number of carbonyl (C=O) groups is 1. The molecule has 0 saturated carbocycles. The van der Waals surface area contributed by atoms with Crippen molar-refractivity contribution in [2.45, 2.75) is 31.8 Å². The molecule has 1 aromatic heterocycles. The van der Waals surface area contributed by atoms with Crippen molar-refractivity contribution in [1.82, 2.24) is 4.90 Å². The fourth-order valence-corrected chi connectivity index (χ4v) is 3.32. The van der Waals surface area contributed by atoms with Crippen molar-refractivity contribution < 1.29 is 19.2 Å². The summed E-state index contributed by atoms with van der Waals surface area (Å²) in [4.78, 5) is 24.5. The van der Waals surface area contributed by atoms with Gasteiger partial charge in [0.1, 0.15) is 5.76 Å². The normalized spacial score (nSPS) is 16.5. The number of aliphatic hydroxyl groups is 1. The van der Waals surface area contributed by atoms with E-state index in [0.717, 1.165) is 0 Å². The van der Waals surface area contributed by atoms with Crippen molar-refractivity contribution in [1.29, 1.82) is 0 Å². The molecule has 26 heavy (non-hydrogen) atoms. The predicted octanol–water partition coefficient (Wildman–Crippen LogP) is 3.89. The van der Waals surface area contributed by atoms with Crippen LogP contribution in [-0.2, 0) is 0 Å². The molecule has 2 aromatic rings. The lowest BCUT2D eigenvalue weighted by Gasteiger charge is -2.37. The second kappa shape index (κ2) is 7.09. The monoisotopic (exact) mass is 378 g/mol. The summed E-state index contributed by atoms with van der Waals surface area (Å²) in [7, 11) is 0. The lowest BCUT2D eigenvalue weighted by Crippen LogP contribution is -2.46. The molecule has 1 aliphatic heterocycles. The van der Waals surface area contributed by atoms with Crippen LogP contribution in [0.25, 0.3) is 11.3 Å². The Bertz CT molecular complexity index is 840. The van der Waals surface area contributed by atoms with Crippen LogP contribution in [0.5, 0.6) is 0 Å². The number of hydrogen-bond acceptors (Lipinski definition) is 5. The molecule has 1 aromatic carbocycles. The lowest BCUT2D eigenvalue weighted by molar-refractivity contribution is -0.384. The lowest BCUT2D eigenvalue weighted by atomic mass is 9.89. The number of halogens is 1. The van der Waals surface area contributed by atoms with Gasteiger partial charge in [-0.3, -0.25) is 14.9 Å². The highest BCUT2D eigenvalue weighted by atomic mass is 35.5. The molecule has 2 heterocycles. The van der Waals surface area contributed by atoms with E-state index in [1.165, 1.54) is 18.2 Å². The topological polar surface area (TPSA) is 96.8 Å².